The van der Waals surface area contributed by atoms with E-state index in [4.69, 9.17) is 21.2 Å². The molecule has 200 valence electrons. The Kier molecular flexibility index (Phi) is 7.38. The van der Waals surface area contributed by atoms with Crippen LogP contribution < -0.4 is 15.5 Å². The van der Waals surface area contributed by atoms with Gasteiger partial charge < -0.3 is 10.1 Å². The van der Waals surface area contributed by atoms with Crippen molar-refractivity contribution in [3.05, 3.63) is 89.0 Å². The monoisotopic (exact) mass is 563 g/mol. The van der Waals surface area contributed by atoms with Gasteiger partial charge in [-0.1, -0.05) is 41.9 Å². The van der Waals surface area contributed by atoms with Gasteiger partial charge in [-0.2, -0.15) is 4.31 Å². The molecule has 2 heterocycles. The molecule has 8 nitrogen and oxygen atoms in total. The number of hydroxylamine groups is 1. The van der Waals surface area contributed by atoms with Crippen LogP contribution in [0.3, 0.4) is 0 Å². The predicted octanol–water partition coefficient (Wildman–Crippen LogP) is 4.15. The summed E-state index contributed by atoms with van der Waals surface area (Å²) in [6, 6.07) is 15.8. The topological polar surface area (TPSA) is 97.0 Å². The Labute approximate surface area is 223 Å². The summed E-state index contributed by atoms with van der Waals surface area (Å²) in [5.41, 5.74) is 1.66. The van der Waals surface area contributed by atoms with Gasteiger partial charge in [-0.05, 0) is 54.8 Å². The molecule has 2 saturated heterocycles. The number of carbonyl (C=O) groups excluding carboxylic acids is 1. The highest BCUT2D eigenvalue weighted by atomic mass is 35.5. The summed E-state index contributed by atoms with van der Waals surface area (Å²) in [5.74, 6) is -3.70. The molecule has 5 rings (SSSR count). The van der Waals surface area contributed by atoms with Gasteiger partial charge in [0.05, 0.1) is 11.5 Å². The Morgan fingerprint density at radius 3 is 2.47 bits per heavy atom. The van der Waals surface area contributed by atoms with Gasteiger partial charge in [0.2, 0.25) is 10.0 Å². The third kappa shape index (κ3) is 4.99. The number of amides is 1. The molecule has 2 aliphatic heterocycles. The van der Waals surface area contributed by atoms with Crippen LogP contribution in [0.1, 0.15) is 18.4 Å². The molecule has 1 amide bonds. The van der Waals surface area contributed by atoms with E-state index in [1.54, 1.807) is 0 Å². The van der Waals surface area contributed by atoms with E-state index in [9.17, 15) is 22.0 Å². The Morgan fingerprint density at radius 2 is 1.79 bits per heavy atom. The fraction of sp³-hybridized carbons (Fsp3) is 0.269. The van der Waals surface area contributed by atoms with Crippen LogP contribution in [0.15, 0.2) is 71.6 Å². The maximum atomic E-state index is 15.0. The van der Waals surface area contributed by atoms with Crippen molar-refractivity contribution in [1.82, 2.24) is 15.1 Å². The van der Waals surface area contributed by atoms with Crippen LogP contribution in [0.2, 0.25) is 5.02 Å². The summed E-state index contributed by atoms with van der Waals surface area (Å²) >= 11 is 5.82. The van der Waals surface area contributed by atoms with E-state index in [0.717, 1.165) is 9.87 Å². The van der Waals surface area contributed by atoms with E-state index in [0.29, 0.717) is 30.1 Å². The van der Waals surface area contributed by atoms with Gasteiger partial charge in [0.15, 0.2) is 17.4 Å². The van der Waals surface area contributed by atoms with E-state index in [1.807, 2.05) is 30.3 Å². The minimum atomic E-state index is -4.49. The lowest BCUT2D eigenvalue weighted by Crippen LogP contribution is -2.67. The van der Waals surface area contributed by atoms with Crippen LogP contribution in [0.5, 0.6) is 11.5 Å². The molecule has 2 unspecified atom stereocenters. The second-order valence-corrected chi connectivity index (χ2v) is 11.4. The van der Waals surface area contributed by atoms with E-state index in [2.05, 4.69) is 10.8 Å². The first-order valence-corrected chi connectivity index (χ1v) is 13.7. The van der Waals surface area contributed by atoms with Crippen molar-refractivity contribution in [2.45, 2.75) is 35.9 Å². The summed E-state index contributed by atoms with van der Waals surface area (Å²) in [6.07, 6.45) is 0.605. The highest BCUT2D eigenvalue weighted by Gasteiger charge is 2.59. The minimum absolute atomic E-state index is 0.0198. The van der Waals surface area contributed by atoms with Crippen molar-refractivity contribution < 1.29 is 31.6 Å². The lowest BCUT2D eigenvalue weighted by molar-refractivity contribution is -0.144. The Bertz CT molecular complexity index is 1420. The molecule has 3 aromatic carbocycles. The first-order valence-electron chi connectivity index (χ1n) is 11.8. The molecule has 3 aromatic rings. The van der Waals surface area contributed by atoms with Gasteiger partial charge in [0.1, 0.15) is 11.3 Å². The summed E-state index contributed by atoms with van der Waals surface area (Å²) in [5, 5.41) is 3.50. The van der Waals surface area contributed by atoms with Crippen molar-refractivity contribution in [2.75, 3.05) is 13.1 Å². The Hall–Kier alpha value is -3.09. The minimum Gasteiger partial charge on any atom is -0.451 e. The number of sulfonamides is 1. The highest BCUT2D eigenvalue weighted by Crippen LogP contribution is 2.42. The number of benzene rings is 3. The van der Waals surface area contributed by atoms with Gasteiger partial charge >= 0.3 is 0 Å². The van der Waals surface area contributed by atoms with Gasteiger partial charge in [0, 0.05) is 24.2 Å². The lowest BCUT2D eigenvalue weighted by Gasteiger charge is -2.42. The summed E-state index contributed by atoms with van der Waals surface area (Å²) in [6.45, 7) is 0.394. The van der Waals surface area contributed by atoms with E-state index in [-0.39, 0.29) is 25.3 Å². The number of nitrogens with zero attached hydrogens (tertiary/aromatic N) is 1. The number of nitrogens with one attached hydrogen (secondary N) is 2. The molecule has 2 aliphatic rings. The molecule has 2 bridgehead atoms. The number of piperazine rings is 1. The molecule has 0 radical (unpaired) electrons. The molecule has 0 aliphatic carbocycles. The summed E-state index contributed by atoms with van der Waals surface area (Å²) in [4.78, 5) is 18.1. The van der Waals surface area contributed by atoms with Crippen molar-refractivity contribution in [3.63, 3.8) is 0 Å². The van der Waals surface area contributed by atoms with Crippen LogP contribution in [0, 0.1) is 11.6 Å². The number of hydrogen-bond acceptors (Lipinski definition) is 6. The fourth-order valence-corrected chi connectivity index (χ4v) is 7.00. The summed E-state index contributed by atoms with van der Waals surface area (Å²) in [7, 11) is -4.49. The normalized spacial score (nSPS) is 21.3. The average Bonchev–Trinajstić information content (AvgIpc) is 3.15. The maximum absolute atomic E-state index is 15.0. The van der Waals surface area contributed by atoms with Crippen molar-refractivity contribution >= 4 is 27.5 Å². The van der Waals surface area contributed by atoms with Crippen LogP contribution >= 0.6 is 11.6 Å². The zero-order chi connectivity index (χ0) is 26.9. The number of carbonyl (C=O) groups is 1. The number of ether oxygens (including phenoxy) is 1. The molecule has 2 fully saturated rings. The Balaban J connectivity index is 1.40. The molecule has 38 heavy (non-hydrogen) atoms. The number of halogens is 3. The molecule has 0 spiro atoms. The SMILES string of the molecule is O=C(NOCc1ccccc1)C12CCC(CNC1)N2S(=O)(=O)c1cc(F)c(Oc2ccc(Cl)cc2)c(F)c1. The van der Waals surface area contributed by atoms with Crippen molar-refractivity contribution in [2.24, 2.45) is 0 Å². The van der Waals surface area contributed by atoms with E-state index >= 15 is 0 Å². The van der Waals surface area contributed by atoms with Crippen LogP contribution in [-0.2, 0) is 26.3 Å². The maximum Gasteiger partial charge on any atom is 0.266 e. The van der Waals surface area contributed by atoms with Crippen LogP contribution in [0.4, 0.5) is 8.78 Å². The van der Waals surface area contributed by atoms with Gasteiger partial charge in [-0.3, -0.25) is 9.63 Å². The number of hydrogen-bond donors (Lipinski definition) is 2. The van der Waals surface area contributed by atoms with Gasteiger partial charge in [-0.25, -0.2) is 22.7 Å². The molecule has 0 aromatic heterocycles. The van der Waals surface area contributed by atoms with Crippen LogP contribution in [-0.4, -0.2) is 43.3 Å². The van der Waals surface area contributed by atoms with Crippen LogP contribution in [0.25, 0.3) is 0 Å². The lowest BCUT2D eigenvalue weighted by atomic mass is 9.97. The predicted molar refractivity (Wildman–Crippen MR) is 135 cm³/mol. The zero-order valence-electron chi connectivity index (χ0n) is 20.0. The highest BCUT2D eigenvalue weighted by molar-refractivity contribution is 7.89. The molecular formula is C26H24ClF2N3O5S. The standard InChI is InChI=1S/C26H24ClF2N3O5S/c27-18-6-8-20(9-7-18)37-24-22(28)12-21(13-23(24)29)38(34,35)32-19-10-11-26(32,16-30-14-19)25(33)31-36-15-17-4-2-1-3-5-17/h1-9,12-13,19,30H,10-11,14-16H2,(H,31,33). The largest absolute Gasteiger partial charge is 0.451 e. The third-order valence-corrected chi connectivity index (χ3v) is 8.92. The molecule has 2 N–H and O–H groups in total. The average molecular weight is 564 g/mol. The quantitative estimate of drug-likeness (QED) is 0.400. The second kappa shape index (κ2) is 10.6. The van der Waals surface area contributed by atoms with Gasteiger partial charge in [0.25, 0.3) is 5.91 Å². The smallest absolute Gasteiger partial charge is 0.266 e. The Morgan fingerprint density at radius 1 is 1.11 bits per heavy atom. The molecule has 0 saturated carbocycles. The van der Waals surface area contributed by atoms with Gasteiger partial charge in [-0.15, -0.1) is 0 Å². The molecule has 12 heteroatoms. The number of rotatable bonds is 8. The second-order valence-electron chi connectivity index (χ2n) is 9.13. The number of fused-ring (bicyclic) bond motifs is 2. The molecule has 2 atom stereocenters. The fourth-order valence-electron chi connectivity index (χ4n) is 4.87. The van der Waals surface area contributed by atoms with E-state index in [1.165, 1.54) is 24.3 Å². The third-order valence-electron chi connectivity index (χ3n) is 6.67. The first-order chi connectivity index (χ1) is 18.2. The molecular weight excluding hydrogens is 540 g/mol. The van der Waals surface area contributed by atoms with E-state index < -0.39 is 49.8 Å². The summed E-state index contributed by atoms with van der Waals surface area (Å²) < 4.78 is 63.8. The van der Waals surface area contributed by atoms with Crippen molar-refractivity contribution in [3.8, 4) is 11.5 Å². The zero-order valence-corrected chi connectivity index (χ0v) is 21.6. The van der Waals surface area contributed by atoms with Crippen molar-refractivity contribution in [1.29, 1.82) is 0 Å². The first kappa shape index (κ1) is 26.5.